The zero-order valence-electron chi connectivity index (χ0n) is 28.9. The van der Waals surface area contributed by atoms with Crippen LogP contribution in [0.2, 0.25) is 0 Å². The largest absolute Gasteiger partial charge is 0.492 e. The highest BCUT2D eigenvalue weighted by Crippen LogP contribution is 2.52. The quantitative estimate of drug-likeness (QED) is 0.115. The molecule has 0 spiro atoms. The molecule has 0 saturated carbocycles. The van der Waals surface area contributed by atoms with E-state index in [1.807, 2.05) is 0 Å². The lowest BCUT2D eigenvalue weighted by Gasteiger charge is -2.38. The molecule has 248 valence electrons. The van der Waals surface area contributed by atoms with Crippen LogP contribution in [0.3, 0.4) is 0 Å². The standard InChI is InChI=1S/C38H56N2O5/c1-28(2)12-8-16-37(6)18-14-31-34(44-37)32-15-19-38(7,17-9-13-29(3)4)45-36(32)33(30(5)41)35(31)43-25-11-21-39-20-10-22-40-23-26-42-27-24-40/h12-15,18-19,39H,8-11,16-17,20-27H2,1-7H3. The van der Waals surface area contributed by atoms with Gasteiger partial charge < -0.3 is 24.3 Å². The first-order chi connectivity index (χ1) is 21.5. The van der Waals surface area contributed by atoms with Crippen LogP contribution < -0.4 is 19.5 Å². The second-order valence-electron chi connectivity index (χ2n) is 13.6. The summed E-state index contributed by atoms with van der Waals surface area (Å²) in [4.78, 5) is 15.8. The minimum absolute atomic E-state index is 0.0717. The van der Waals surface area contributed by atoms with Crippen molar-refractivity contribution in [2.75, 3.05) is 52.5 Å². The number of ether oxygens (including phenoxy) is 4. The monoisotopic (exact) mass is 620 g/mol. The van der Waals surface area contributed by atoms with Crippen LogP contribution in [-0.4, -0.2) is 74.4 Å². The van der Waals surface area contributed by atoms with Gasteiger partial charge in [0, 0.05) is 13.1 Å². The van der Waals surface area contributed by atoms with E-state index in [1.54, 1.807) is 6.92 Å². The number of benzene rings is 1. The first kappa shape index (κ1) is 35.0. The molecular weight excluding hydrogens is 564 g/mol. The normalized spacial score (nSPS) is 22.1. The first-order valence-electron chi connectivity index (χ1n) is 16.9. The molecule has 3 aliphatic heterocycles. The summed E-state index contributed by atoms with van der Waals surface area (Å²) in [6.45, 7) is 21.4. The smallest absolute Gasteiger partial charge is 0.167 e. The van der Waals surface area contributed by atoms with Gasteiger partial charge in [0.1, 0.15) is 34.0 Å². The maximum atomic E-state index is 13.3. The average molecular weight is 621 g/mol. The molecule has 0 radical (unpaired) electrons. The van der Waals surface area contributed by atoms with Gasteiger partial charge in [-0.2, -0.15) is 0 Å². The zero-order valence-corrected chi connectivity index (χ0v) is 28.9. The first-order valence-corrected chi connectivity index (χ1v) is 16.9. The summed E-state index contributed by atoms with van der Waals surface area (Å²) in [5, 5.41) is 3.55. The van der Waals surface area contributed by atoms with Crippen molar-refractivity contribution in [2.45, 2.75) is 98.2 Å². The van der Waals surface area contributed by atoms with Gasteiger partial charge in [-0.15, -0.1) is 0 Å². The maximum Gasteiger partial charge on any atom is 0.167 e. The number of morpholine rings is 1. The van der Waals surface area contributed by atoms with Crippen molar-refractivity contribution in [3.05, 3.63) is 52.1 Å². The van der Waals surface area contributed by atoms with E-state index in [0.29, 0.717) is 23.7 Å². The van der Waals surface area contributed by atoms with Crippen LogP contribution in [0.25, 0.3) is 12.2 Å². The molecule has 1 saturated heterocycles. The lowest BCUT2D eigenvalue weighted by atomic mass is 9.88. The number of Topliss-reactive ketones (excluding diaryl/α,β-unsaturated/α-hetero) is 1. The van der Waals surface area contributed by atoms with Crippen LogP contribution in [0.15, 0.2) is 35.5 Å². The van der Waals surface area contributed by atoms with E-state index in [2.05, 4.69) is 88.2 Å². The Bertz CT molecular complexity index is 1300. The molecular formula is C38H56N2O5. The highest BCUT2D eigenvalue weighted by atomic mass is 16.5. The maximum absolute atomic E-state index is 13.3. The van der Waals surface area contributed by atoms with Crippen LogP contribution in [0.1, 0.15) is 108 Å². The van der Waals surface area contributed by atoms with Crippen molar-refractivity contribution in [3.63, 3.8) is 0 Å². The minimum Gasteiger partial charge on any atom is -0.492 e. The molecule has 2 atom stereocenters. The molecule has 2 unspecified atom stereocenters. The van der Waals surface area contributed by atoms with Gasteiger partial charge in [-0.25, -0.2) is 0 Å². The van der Waals surface area contributed by atoms with Crippen molar-refractivity contribution in [1.29, 1.82) is 0 Å². The lowest BCUT2D eigenvalue weighted by molar-refractivity contribution is 0.0374. The van der Waals surface area contributed by atoms with Crippen LogP contribution >= 0.6 is 0 Å². The van der Waals surface area contributed by atoms with E-state index in [0.717, 1.165) is 101 Å². The lowest BCUT2D eigenvalue weighted by Crippen LogP contribution is -2.37. The fourth-order valence-corrected chi connectivity index (χ4v) is 6.08. The molecule has 7 nitrogen and oxygen atoms in total. The van der Waals surface area contributed by atoms with E-state index in [9.17, 15) is 4.79 Å². The molecule has 1 aromatic rings. The number of nitrogens with zero attached hydrogens (tertiary/aromatic N) is 1. The van der Waals surface area contributed by atoms with Crippen molar-refractivity contribution in [2.24, 2.45) is 0 Å². The summed E-state index contributed by atoms with van der Waals surface area (Å²) in [7, 11) is 0. The summed E-state index contributed by atoms with van der Waals surface area (Å²) in [6.07, 6.45) is 18.3. The van der Waals surface area contributed by atoms with Gasteiger partial charge in [-0.3, -0.25) is 9.69 Å². The zero-order chi connectivity index (χ0) is 32.5. The summed E-state index contributed by atoms with van der Waals surface area (Å²) in [5.74, 6) is 1.79. The summed E-state index contributed by atoms with van der Waals surface area (Å²) in [6, 6.07) is 0. The number of hydrogen-bond donors (Lipinski definition) is 1. The van der Waals surface area contributed by atoms with Crippen LogP contribution in [0.4, 0.5) is 0 Å². The van der Waals surface area contributed by atoms with Gasteiger partial charge in [-0.05, 0) is 131 Å². The number of hydrogen-bond acceptors (Lipinski definition) is 7. The fraction of sp³-hybridized carbons (Fsp3) is 0.605. The number of allylic oxidation sites excluding steroid dienone is 4. The van der Waals surface area contributed by atoms with Gasteiger partial charge in [0.15, 0.2) is 5.78 Å². The van der Waals surface area contributed by atoms with Gasteiger partial charge in [-0.1, -0.05) is 23.3 Å². The van der Waals surface area contributed by atoms with Gasteiger partial charge >= 0.3 is 0 Å². The molecule has 0 amide bonds. The third-order valence-electron chi connectivity index (χ3n) is 8.72. The third kappa shape index (κ3) is 9.81. The van der Waals surface area contributed by atoms with Gasteiger partial charge in [0.2, 0.25) is 0 Å². The van der Waals surface area contributed by atoms with E-state index >= 15 is 0 Å². The SMILES string of the molecule is CC(=O)c1c(OCCCNCCCN2CCOCC2)c2c(c3c1OC(C)(CCC=C(C)C)C=C3)OC(C)(CCC=C(C)C)C=C2. The predicted molar refractivity (Wildman–Crippen MR) is 185 cm³/mol. The Morgan fingerprint density at radius 2 is 1.44 bits per heavy atom. The molecule has 45 heavy (non-hydrogen) atoms. The predicted octanol–water partition coefficient (Wildman–Crippen LogP) is 7.79. The summed E-state index contributed by atoms with van der Waals surface area (Å²) >= 11 is 0. The van der Waals surface area contributed by atoms with Gasteiger partial charge in [0.05, 0.1) is 30.9 Å². The molecule has 1 fully saturated rings. The van der Waals surface area contributed by atoms with E-state index in [4.69, 9.17) is 18.9 Å². The Balaban J connectivity index is 1.53. The second kappa shape index (κ2) is 16.1. The van der Waals surface area contributed by atoms with Crippen molar-refractivity contribution in [1.82, 2.24) is 10.2 Å². The van der Waals surface area contributed by atoms with Crippen molar-refractivity contribution >= 4 is 17.9 Å². The highest BCUT2D eigenvalue weighted by Gasteiger charge is 2.38. The molecule has 0 aliphatic carbocycles. The molecule has 0 aromatic heterocycles. The number of carbonyl (C=O) groups is 1. The topological polar surface area (TPSA) is 69.3 Å². The second-order valence-corrected chi connectivity index (χ2v) is 13.6. The summed E-state index contributed by atoms with van der Waals surface area (Å²) in [5.41, 5.74) is 3.70. The number of nitrogens with one attached hydrogen (secondary N) is 1. The Labute approximate surface area is 271 Å². The molecule has 4 rings (SSSR count). The molecule has 1 aromatic carbocycles. The number of ketones is 1. The van der Waals surface area contributed by atoms with E-state index in [-0.39, 0.29) is 5.78 Å². The van der Waals surface area contributed by atoms with Crippen molar-refractivity contribution in [3.8, 4) is 17.2 Å². The Morgan fingerprint density at radius 1 is 0.867 bits per heavy atom. The van der Waals surface area contributed by atoms with Crippen LogP contribution in [0.5, 0.6) is 17.2 Å². The van der Waals surface area contributed by atoms with Crippen LogP contribution in [-0.2, 0) is 4.74 Å². The van der Waals surface area contributed by atoms with Crippen LogP contribution in [0, 0.1) is 0 Å². The number of fused-ring (bicyclic) bond motifs is 3. The number of rotatable bonds is 16. The Hall–Kier alpha value is -2.87. The number of carbonyl (C=O) groups excluding carboxylic acids is 1. The van der Waals surface area contributed by atoms with E-state index in [1.165, 1.54) is 11.1 Å². The third-order valence-corrected chi connectivity index (χ3v) is 8.72. The van der Waals surface area contributed by atoms with E-state index < -0.39 is 11.2 Å². The van der Waals surface area contributed by atoms with Gasteiger partial charge in [0.25, 0.3) is 0 Å². The molecule has 7 heteroatoms. The molecule has 3 aliphatic rings. The van der Waals surface area contributed by atoms with Crippen molar-refractivity contribution < 1.29 is 23.7 Å². The Kier molecular flexibility index (Phi) is 12.5. The minimum atomic E-state index is -0.545. The Morgan fingerprint density at radius 3 is 2.04 bits per heavy atom. The average Bonchev–Trinajstić information content (AvgIpc) is 2.98. The fourth-order valence-electron chi connectivity index (χ4n) is 6.08. The summed E-state index contributed by atoms with van der Waals surface area (Å²) < 4.78 is 25.5. The molecule has 3 heterocycles. The molecule has 0 bridgehead atoms. The highest BCUT2D eigenvalue weighted by molar-refractivity contribution is 6.04. The molecule has 1 N–H and O–H groups in total.